The van der Waals surface area contributed by atoms with Crippen molar-refractivity contribution in [1.29, 1.82) is 0 Å². The van der Waals surface area contributed by atoms with E-state index in [4.69, 9.17) is 4.98 Å². The fourth-order valence-electron chi connectivity index (χ4n) is 2.61. The number of nitrogens with zero attached hydrogens (tertiary/aromatic N) is 2. The number of thiol groups is 1. The van der Waals surface area contributed by atoms with Gasteiger partial charge in [0.25, 0.3) is 5.91 Å². The quantitative estimate of drug-likeness (QED) is 0.814. The number of fused-ring (bicyclic) bond motifs is 1. The van der Waals surface area contributed by atoms with Gasteiger partial charge in [-0.3, -0.25) is 14.1 Å². The molecule has 4 heteroatoms. The van der Waals surface area contributed by atoms with Gasteiger partial charge in [0.1, 0.15) is 0 Å². The average molecular weight is 246 g/mol. The molecule has 3 nitrogen and oxygen atoms in total. The first-order valence-electron chi connectivity index (χ1n) is 6.28. The van der Waals surface area contributed by atoms with E-state index in [0.29, 0.717) is 18.4 Å². The molecule has 4 rings (SSSR count). The Morgan fingerprint density at radius 2 is 1.94 bits per heavy atom. The zero-order chi connectivity index (χ0) is 11.6. The van der Waals surface area contributed by atoms with Crippen LogP contribution in [0.25, 0.3) is 0 Å². The fraction of sp³-hybridized carbons (Fsp3) is 0.538. The van der Waals surface area contributed by atoms with Crippen molar-refractivity contribution in [3.8, 4) is 0 Å². The van der Waals surface area contributed by atoms with Gasteiger partial charge in [-0.1, -0.05) is 12.8 Å². The van der Waals surface area contributed by atoms with Crippen LogP contribution in [-0.4, -0.2) is 15.2 Å². The van der Waals surface area contributed by atoms with Crippen molar-refractivity contribution < 1.29 is 4.79 Å². The molecule has 0 N–H and O–H groups in total. The van der Waals surface area contributed by atoms with Gasteiger partial charge in [-0.15, -0.1) is 0 Å². The summed E-state index contributed by atoms with van der Waals surface area (Å²) in [7, 11) is 0. The lowest BCUT2D eigenvalue weighted by atomic mass is 10.0. The number of hydrogen-bond acceptors (Lipinski definition) is 3. The van der Waals surface area contributed by atoms with Crippen molar-refractivity contribution in [3.63, 3.8) is 0 Å². The van der Waals surface area contributed by atoms with Crippen LogP contribution < -0.4 is 0 Å². The normalized spacial score (nSPS) is 23.1. The van der Waals surface area contributed by atoms with Crippen LogP contribution in [0, 0.1) is 0 Å². The summed E-state index contributed by atoms with van der Waals surface area (Å²) in [6.45, 7) is 0.626. The maximum Gasteiger partial charge on any atom is 0.264 e. The van der Waals surface area contributed by atoms with Crippen LogP contribution in [0.5, 0.6) is 0 Å². The van der Waals surface area contributed by atoms with Crippen LogP contribution in [0.3, 0.4) is 0 Å². The minimum absolute atomic E-state index is 0.0505. The van der Waals surface area contributed by atoms with Gasteiger partial charge in [0.05, 0.1) is 6.54 Å². The molecule has 0 radical (unpaired) electrons. The highest BCUT2D eigenvalue weighted by molar-refractivity contribution is 7.78. The molecular formula is C13H14N2OS. The topological polar surface area (TPSA) is 33.2 Å². The van der Waals surface area contributed by atoms with E-state index in [2.05, 4.69) is 12.8 Å². The molecule has 0 unspecified atom stereocenters. The number of hydrogen-bond donors (Lipinski definition) is 1. The van der Waals surface area contributed by atoms with E-state index in [-0.39, 0.29) is 5.91 Å². The molecule has 2 aliphatic carbocycles. The number of pyridine rings is 1. The standard InChI is InChI=1S/C13H14N2OS/c16-13-9-5-11(7-1-2-7)14-12(8-3-4-8)10(9)6-15(13)17/h5,7-8,17H,1-4,6H2. The van der Waals surface area contributed by atoms with Gasteiger partial charge < -0.3 is 0 Å². The number of amides is 1. The lowest BCUT2D eigenvalue weighted by molar-refractivity contribution is 0.0891. The van der Waals surface area contributed by atoms with Crippen molar-refractivity contribution in [1.82, 2.24) is 9.29 Å². The first kappa shape index (κ1) is 9.95. The molecule has 2 saturated carbocycles. The first-order valence-corrected chi connectivity index (χ1v) is 6.68. The second kappa shape index (κ2) is 3.25. The third-order valence-corrected chi connectivity index (χ3v) is 4.23. The third-order valence-electron chi connectivity index (χ3n) is 3.91. The van der Waals surface area contributed by atoms with Crippen LogP contribution in [0.15, 0.2) is 6.07 Å². The van der Waals surface area contributed by atoms with Crippen LogP contribution in [-0.2, 0) is 6.54 Å². The van der Waals surface area contributed by atoms with E-state index >= 15 is 0 Å². The second-order valence-electron chi connectivity index (χ2n) is 5.37. The summed E-state index contributed by atoms with van der Waals surface area (Å²) in [5.41, 5.74) is 4.33. The molecule has 1 amide bonds. The smallest absolute Gasteiger partial charge is 0.264 e. The van der Waals surface area contributed by atoms with E-state index in [9.17, 15) is 4.79 Å². The van der Waals surface area contributed by atoms with E-state index in [1.807, 2.05) is 6.07 Å². The van der Waals surface area contributed by atoms with Gasteiger partial charge in [-0.05, 0) is 31.7 Å². The highest BCUT2D eigenvalue weighted by atomic mass is 32.1. The Kier molecular flexibility index (Phi) is 1.90. The Hall–Kier alpha value is -1.03. The van der Waals surface area contributed by atoms with E-state index in [1.54, 1.807) is 0 Å². The summed E-state index contributed by atoms with van der Waals surface area (Å²) in [5.74, 6) is 1.27. The van der Waals surface area contributed by atoms with Crippen LogP contribution in [0.1, 0.15) is 64.8 Å². The summed E-state index contributed by atoms with van der Waals surface area (Å²) in [6, 6.07) is 2.01. The molecule has 1 aromatic rings. The zero-order valence-electron chi connectivity index (χ0n) is 9.52. The third kappa shape index (κ3) is 1.50. The average Bonchev–Trinajstić information content (AvgIpc) is 3.19. The predicted octanol–water partition coefficient (Wildman–Crippen LogP) is 2.64. The summed E-state index contributed by atoms with van der Waals surface area (Å²) in [6.07, 6.45) is 4.92. The molecule has 2 heterocycles. The second-order valence-corrected chi connectivity index (χ2v) is 5.85. The molecule has 3 aliphatic rings. The van der Waals surface area contributed by atoms with Crippen LogP contribution in [0.2, 0.25) is 0 Å². The maximum atomic E-state index is 12.0. The molecule has 0 spiro atoms. The lowest BCUT2D eigenvalue weighted by Gasteiger charge is -2.08. The summed E-state index contributed by atoms with van der Waals surface area (Å²) in [4.78, 5) is 16.8. The van der Waals surface area contributed by atoms with Gasteiger partial charge in [0.15, 0.2) is 0 Å². The van der Waals surface area contributed by atoms with E-state index in [0.717, 1.165) is 16.8 Å². The lowest BCUT2D eigenvalue weighted by Crippen LogP contribution is -2.11. The molecule has 0 aromatic carbocycles. The Bertz CT molecular complexity index is 520. The molecule has 2 fully saturated rings. The van der Waals surface area contributed by atoms with E-state index in [1.165, 1.54) is 35.7 Å². The fourth-order valence-corrected chi connectivity index (χ4v) is 2.86. The predicted molar refractivity (Wildman–Crippen MR) is 67.0 cm³/mol. The van der Waals surface area contributed by atoms with Crippen molar-refractivity contribution in [2.45, 2.75) is 44.1 Å². The molecule has 0 saturated heterocycles. The highest BCUT2D eigenvalue weighted by Gasteiger charge is 2.37. The monoisotopic (exact) mass is 246 g/mol. The van der Waals surface area contributed by atoms with Gasteiger partial charge >= 0.3 is 0 Å². The van der Waals surface area contributed by atoms with Gasteiger partial charge in [0.2, 0.25) is 0 Å². The zero-order valence-corrected chi connectivity index (χ0v) is 10.4. The Morgan fingerprint density at radius 1 is 1.24 bits per heavy atom. The Balaban J connectivity index is 1.88. The molecule has 17 heavy (non-hydrogen) atoms. The van der Waals surface area contributed by atoms with Gasteiger partial charge in [-0.25, -0.2) is 0 Å². The summed E-state index contributed by atoms with van der Waals surface area (Å²) < 4.78 is 1.51. The Morgan fingerprint density at radius 3 is 2.59 bits per heavy atom. The molecule has 1 aromatic heterocycles. The van der Waals surface area contributed by atoms with Crippen molar-refractivity contribution >= 4 is 18.7 Å². The van der Waals surface area contributed by atoms with Crippen LogP contribution in [0.4, 0.5) is 0 Å². The highest BCUT2D eigenvalue weighted by Crippen LogP contribution is 2.46. The minimum Gasteiger partial charge on any atom is -0.281 e. The molecule has 0 bridgehead atoms. The number of carbonyl (C=O) groups excluding carboxylic acids is 1. The first-order chi connectivity index (χ1) is 8.24. The molecular weight excluding hydrogens is 232 g/mol. The maximum absolute atomic E-state index is 12.0. The minimum atomic E-state index is 0.0505. The van der Waals surface area contributed by atoms with E-state index < -0.39 is 0 Å². The largest absolute Gasteiger partial charge is 0.281 e. The van der Waals surface area contributed by atoms with Gasteiger partial charge in [-0.2, -0.15) is 0 Å². The Labute approximate surface area is 106 Å². The van der Waals surface area contributed by atoms with Crippen molar-refractivity contribution in [2.24, 2.45) is 0 Å². The number of rotatable bonds is 2. The molecule has 0 atom stereocenters. The van der Waals surface area contributed by atoms with Crippen LogP contribution >= 0.6 is 12.8 Å². The van der Waals surface area contributed by atoms with Gasteiger partial charge in [0, 0.05) is 34.4 Å². The number of carbonyl (C=O) groups is 1. The number of aromatic nitrogens is 1. The van der Waals surface area contributed by atoms with Crippen molar-refractivity contribution in [2.75, 3.05) is 0 Å². The van der Waals surface area contributed by atoms with Crippen molar-refractivity contribution in [3.05, 3.63) is 28.6 Å². The molecule has 88 valence electrons. The molecule has 1 aliphatic heterocycles. The summed E-state index contributed by atoms with van der Waals surface area (Å²) in [5, 5.41) is 0. The summed E-state index contributed by atoms with van der Waals surface area (Å²) >= 11 is 4.23. The SMILES string of the molecule is O=C1c2cc(C3CC3)nc(C3CC3)c2CN1S.